The number of nitrogens with one attached hydrogen (secondary N) is 1. The molecule has 0 saturated carbocycles. The quantitative estimate of drug-likeness (QED) is 0.882. The molecule has 22 heavy (non-hydrogen) atoms. The Hall–Kier alpha value is -2.62. The van der Waals surface area contributed by atoms with Gasteiger partial charge in [0, 0.05) is 12.7 Å². The van der Waals surface area contributed by atoms with Gasteiger partial charge in [0.15, 0.2) is 0 Å². The summed E-state index contributed by atoms with van der Waals surface area (Å²) in [6.07, 6.45) is 0.458. The highest BCUT2D eigenvalue weighted by molar-refractivity contribution is 6.09. The number of carbonyl (C=O) groups excluding carboxylic acids is 2. The van der Waals surface area contributed by atoms with Crippen LogP contribution in [0.25, 0.3) is 0 Å². The van der Waals surface area contributed by atoms with Gasteiger partial charge in [-0.1, -0.05) is 48.5 Å². The molecule has 0 aromatic heterocycles. The Morgan fingerprint density at radius 2 is 1.82 bits per heavy atom. The topological polar surface area (TPSA) is 49.4 Å². The van der Waals surface area contributed by atoms with Crippen LogP contribution in [0.4, 0.5) is 5.69 Å². The summed E-state index contributed by atoms with van der Waals surface area (Å²) in [5.74, 6) is -1.01. The second-order valence-electron chi connectivity index (χ2n) is 5.41. The van der Waals surface area contributed by atoms with Crippen molar-refractivity contribution < 1.29 is 9.59 Å². The lowest BCUT2D eigenvalue weighted by molar-refractivity contribution is -0.133. The summed E-state index contributed by atoms with van der Waals surface area (Å²) >= 11 is 0. The van der Waals surface area contributed by atoms with Crippen molar-refractivity contribution in [3.63, 3.8) is 0 Å². The van der Waals surface area contributed by atoms with Crippen molar-refractivity contribution in [3.8, 4) is 0 Å². The maximum absolute atomic E-state index is 12.8. The lowest BCUT2D eigenvalue weighted by Crippen LogP contribution is -2.47. The predicted octanol–water partition coefficient (Wildman–Crippen LogP) is 2.14. The summed E-state index contributed by atoms with van der Waals surface area (Å²) < 4.78 is 0. The number of anilines is 1. The highest BCUT2D eigenvalue weighted by Crippen LogP contribution is 2.31. The van der Waals surface area contributed by atoms with Crippen LogP contribution in [0, 0.1) is 5.92 Å². The number of carbonyl (C=O) groups is 2. The molecule has 1 heterocycles. The molecule has 0 spiro atoms. The van der Waals surface area contributed by atoms with Gasteiger partial charge in [0.2, 0.25) is 11.8 Å². The first kappa shape index (κ1) is 14.3. The zero-order valence-electron chi connectivity index (χ0n) is 12.5. The molecule has 0 fully saturated rings. The van der Waals surface area contributed by atoms with Crippen LogP contribution in [-0.4, -0.2) is 18.9 Å². The maximum atomic E-state index is 12.8. The number of amides is 2. The van der Waals surface area contributed by atoms with Crippen LogP contribution in [0.5, 0.6) is 0 Å². The first-order valence-electron chi connectivity index (χ1n) is 7.35. The van der Waals surface area contributed by atoms with E-state index in [9.17, 15) is 9.59 Å². The molecule has 0 saturated heterocycles. The van der Waals surface area contributed by atoms with Gasteiger partial charge in [0.1, 0.15) is 5.92 Å². The Labute approximate surface area is 129 Å². The molecule has 0 aliphatic carbocycles. The SMILES string of the molecule is CNC(=O)C1Cc2ccccc2N(Cc2ccccc2)C1=O. The number of benzene rings is 2. The molecular formula is C18H18N2O2. The number of rotatable bonds is 3. The summed E-state index contributed by atoms with van der Waals surface area (Å²) in [7, 11) is 1.57. The smallest absolute Gasteiger partial charge is 0.240 e. The number of hydrogen-bond acceptors (Lipinski definition) is 2. The van der Waals surface area contributed by atoms with Crippen LogP contribution in [0.3, 0.4) is 0 Å². The van der Waals surface area contributed by atoms with Crippen LogP contribution >= 0.6 is 0 Å². The summed E-state index contributed by atoms with van der Waals surface area (Å²) in [6.45, 7) is 0.476. The van der Waals surface area contributed by atoms with E-state index in [1.807, 2.05) is 54.6 Å². The van der Waals surface area contributed by atoms with E-state index in [1.54, 1.807) is 11.9 Å². The second kappa shape index (κ2) is 6.02. The Morgan fingerprint density at radius 1 is 1.14 bits per heavy atom. The normalized spacial score (nSPS) is 17.0. The molecule has 2 aromatic carbocycles. The minimum Gasteiger partial charge on any atom is -0.358 e. The van der Waals surface area contributed by atoms with E-state index in [-0.39, 0.29) is 11.8 Å². The molecule has 1 atom stereocenters. The molecule has 2 aromatic rings. The standard InChI is InChI=1S/C18H18N2O2/c1-19-17(21)15-11-14-9-5-6-10-16(14)20(18(15)22)12-13-7-3-2-4-8-13/h2-10,15H,11-12H2,1H3,(H,19,21). The number of fused-ring (bicyclic) bond motifs is 1. The molecule has 0 bridgehead atoms. The molecule has 4 heteroatoms. The van der Waals surface area contributed by atoms with Gasteiger partial charge in [0.25, 0.3) is 0 Å². The van der Waals surface area contributed by atoms with Crippen molar-refractivity contribution in [2.45, 2.75) is 13.0 Å². The van der Waals surface area contributed by atoms with E-state index in [0.717, 1.165) is 16.8 Å². The first-order chi connectivity index (χ1) is 10.7. The number of para-hydroxylation sites is 1. The van der Waals surface area contributed by atoms with Gasteiger partial charge in [-0.3, -0.25) is 9.59 Å². The molecule has 0 radical (unpaired) electrons. The zero-order chi connectivity index (χ0) is 15.5. The van der Waals surface area contributed by atoms with E-state index >= 15 is 0 Å². The maximum Gasteiger partial charge on any atom is 0.240 e. The van der Waals surface area contributed by atoms with Gasteiger partial charge in [-0.25, -0.2) is 0 Å². The average Bonchev–Trinajstić information content (AvgIpc) is 2.57. The summed E-state index contributed by atoms with van der Waals surface area (Å²) in [5.41, 5.74) is 2.98. The van der Waals surface area contributed by atoms with E-state index in [4.69, 9.17) is 0 Å². The van der Waals surface area contributed by atoms with Crippen molar-refractivity contribution in [1.82, 2.24) is 5.32 Å². The predicted molar refractivity (Wildman–Crippen MR) is 85.3 cm³/mol. The molecule has 1 aliphatic rings. The fourth-order valence-electron chi connectivity index (χ4n) is 2.87. The monoisotopic (exact) mass is 294 g/mol. The Balaban J connectivity index is 1.98. The number of hydrogen-bond donors (Lipinski definition) is 1. The zero-order valence-corrected chi connectivity index (χ0v) is 12.5. The fraction of sp³-hybridized carbons (Fsp3) is 0.222. The van der Waals surface area contributed by atoms with Crippen molar-refractivity contribution >= 4 is 17.5 Å². The largest absolute Gasteiger partial charge is 0.358 e. The summed E-state index contributed by atoms with van der Waals surface area (Å²) in [4.78, 5) is 26.5. The van der Waals surface area contributed by atoms with Crippen molar-refractivity contribution in [3.05, 3.63) is 65.7 Å². The third-order valence-corrected chi connectivity index (χ3v) is 4.02. The molecule has 1 N–H and O–H groups in total. The highest BCUT2D eigenvalue weighted by Gasteiger charge is 2.36. The van der Waals surface area contributed by atoms with E-state index in [2.05, 4.69) is 5.32 Å². The van der Waals surface area contributed by atoms with Crippen LogP contribution in [-0.2, 0) is 22.6 Å². The van der Waals surface area contributed by atoms with Gasteiger partial charge in [0.05, 0.1) is 6.54 Å². The third kappa shape index (κ3) is 2.60. The van der Waals surface area contributed by atoms with Crippen LogP contribution in [0.1, 0.15) is 11.1 Å². The van der Waals surface area contributed by atoms with E-state index in [0.29, 0.717) is 13.0 Å². The average molecular weight is 294 g/mol. The Kier molecular flexibility index (Phi) is 3.92. The Bertz CT molecular complexity index is 697. The second-order valence-corrected chi connectivity index (χ2v) is 5.41. The van der Waals surface area contributed by atoms with Gasteiger partial charge in [-0.2, -0.15) is 0 Å². The van der Waals surface area contributed by atoms with E-state index in [1.165, 1.54) is 0 Å². The summed E-state index contributed by atoms with van der Waals surface area (Å²) in [5, 5.41) is 2.59. The number of nitrogens with zero attached hydrogens (tertiary/aromatic N) is 1. The Morgan fingerprint density at radius 3 is 2.55 bits per heavy atom. The van der Waals surface area contributed by atoms with Crippen molar-refractivity contribution in [2.75, 3.05) is 11.9 Å². The van der Waals surface area contributed by atoms with Gasteiger partial charge >= 0.3 is 0 Å². The molecule has 1 aliphatic heterocycles. The van der Waals surface area contributed by atoms with Crippen LogP contribution in [0.15, 0.2) is 54.6 Å². The van der Waals surface area contributed by atoms with Crippen molar-refractivity contribution in [1.29, 1.82) is 0 Å². The van der Waals surface area contributed by atoms with Gasteiger partial charge in [-0.05, 0) is 23.6 Å². The molecule has 2 amide bonds. The third-order valence-electron chi connectivity index (χ3n) is 4.02. The molecule has 3 rings (SSSR count). The van der Waals surface area contributed by atoms with E-state index < -0.39 is 5.92 Å². The van der Waals surface area contributed by atoms with Gasteiger partial charge in [-0.15, -0.1) is 0 Å². The van der Waals surface area contributed by atoms with Crippen LogP contribution in [0.2, 0.25) is 0 Å². The minimum atomic E-state index is -0.649. The minimum absolute atomic E-state index is 0.137. The van der Waals surface area contributed by atoms with Crippen LogP contribution < -0.4 is 10.2 Å². The molecular weight excluding hydrogens is 276 g/mol. The molecule has 112 valence electrons. The van der Waals surface area contributed by atoms with Gasteiger partial charge < -0.3 is 10.2 Å². The molecule has 1 unspecified atom stereocenters. The first-order valence-corrected chi connectivity index (χ1v) is 7.35. The highest BCUT2D eigenvalue weighted by atomic mass is 16.2. The molecule has 4 nitrogen and oxygen atoms in total. The lowest BCUT2D eigenvalue weighted by Gasteiger charge is -2.33. The lowest BCUT2D eigenvalue weighted by atomic mass is 9.90. The van der Waals surface area contributed by atoms with Crippen molar-refractivity contribution in [2.24, 2.45) is 5.92 Å². The summed E-state index contributed by atoms with van der Waals surface area (Å²) in [6, 6.07) is 17.6. The fourth-order valence-corrected chi connectivity index (χ4v) is 2.87.